The van der Waals surface area contributed by atoms with E-state index in [1.54, 1.807) is 0 Å². The zero-order chi connectivity index (χ0) is 13.6. The van der Waals surface area contributed by atoms with Crippen LogP contribution >= 0.6 is 62.1 Å². The van der Waals surface area contributed by atoms with E-state index in [0.29, 0.717) is 20.3 Å². The van der Waals surface area contributed by atoms with Crippen LogP contribution in [-0.4, -0.2) is 6.61 Å². The van der Waals surface area contributed by atoms with E-state index in [1.807, 2.05) is 18.2 Å². The fraction of sp³-hybridized carbons (Fsp3) is 0.231. The van der Waals surface area contributed by atoms with Crippen molar-refractivity contribution in [2.24, 2.45) is 0 Å². The summed E-state index contributed by atoms with van der Waals surface area (Å²) >= 11 is 23.4. The smallest absolute Gasteiger partial charge is 0.127 e. The summed E-state index contributed by atoms with van der Waals surface area (Å²) in [5, 5.41) is 0.709. The Morgan fingerprint density at radius 1 is 1.16 bits per heavy atom. The van der Waals surface area contributed by atoms with Crippen LogP contribution in [-0.2, 0) is 6.42 Å². The minimum Gasteiger partial charge on any atom is -0.493 e. The largest absolute Gasteiger partial charge is 0.493 e. The Balaban J connectivity index is 2.09. The Morgan fingerprint density at radius 3 is 2.63 bits per heavy atom. The quantitative estimate of drug-likeness (QED) is 0.553. The maximum atomic E-state index is 6.21. The zero-order valence-electron chi connectivity index (χ0n) is 9.55. The summed E-state index contributed by atoms with van der Waals surface area (Å²) in [4.78, 5) is -0.0747. The minimum atomic E-state index is -0.0747. The van der Waals surface area contributed by atoms with Crippen molar-refractivity contribution in [3.63, 3.8) is 0 Å². The van der Waals surface area contributed by atoms with Gasteiger partial charge < -0.3 is 4.74 Å². The zero-order valence-corrected chi connectivity index (χ0v) is 14.2. The highest BCUT2D eigenvalue weighted by Crippen LogP contribution is 2.46. The van der Waals surface area contributed by atoms with Crippen LogP contribution in [0.4, 0.5) is 0 Å². The monoisotopic (exact) mass is 396 g/mol. The van der Waals surface area contributed by atoms with Gasteiger partial charge in [-0.2, -0.15) is 0 Å². The van der Waals surface area contributed by atoms with Crippen molar-refractivity contribution in [3.05, 3.63) is 48.6 Å². The first-order valence-corrected chi connectivity index (χ1v) is 8.47. The molecule has 0 fully saturated rings. The van der Waals surface area contributed by atoms with Gasteiger partial charge in [-0.15, -0.1) is 11.3 Å². The SMILES string of the molecule is Clc1cc2c(c(C(Br)c3cc(Cl)sc3Cl)c1)OCC2. The van der Waals surface area contributed by atoms with Crippen molar-refractivity contribution in [3.8, 4) is 5.75 Å². The van der Waals surface area contributed by atoms with Crippen LogP contribution in [0.15, 0.2) is 18.2 Å². The molecule has 0 saturated carbocycles. The van der Waals surface area contributed by atoms with E-state index >= 15 is 0 Å². The second-order valence-electron chi connectivity index (χ2n) is 4.22. The van der Waals surface area contributed by atoms with Gasteiger partial charge in [-0.3, -0.25) is 0 Å². The van der Waals surface area contributed by atoms with E-state index < -0.39 is 0 Å². The molecular weight excluding hydrogens is 390 g/mol. The molecule has 0 aliphatic carbocycles. The number of fused-ring (bicyclic) bond motifs is 1. The molecule has 0 spiro atoms. The van der Waals surface area contributed by atoms with Crippen molar-refractivity contribution in [1.82, 2.24) is 0 Å². The molecule has 0 saturated heterocycles. The maximum absolute atomic E-state index is 6.21. The summed E-state index contributed by atoms with van der Waals surface area (Å²) < 4.78 is 7.06. The van der Waals surface area contributed by atoms with Crippen LogP contribution in [0.2, 0.25) is 13.7 Å². The molecule has 19 heavy (non-hydrogen) atoms. The summed E-state index contributed by atoms with van der Waals surface area (Å²) in [5.74, 6) is 0.907. The van der Waals surface area contributed by atoms with Gasteiger partial charge in [-0.05, 0) is 23.8 Å². The third-order valence-corrected chi connectivity index (χ3v) is 5.73. The summed E-state index contributed by atoms with van der Waals surface area (Å²) in [6, 6.07) is 5.73. The molecule has 0 N–H and O–H groups in total. The average Bonchev–Trinajstić information content (AvgIpc) is 2.93. The Bertz CT molecular complexity index is 641. The Kier molecular flexibility index (Phi) is 4.03. The second kappa shape index (κ2) is 5.45. The summed E-state index contributed by atoms with van der Waals surface area (Å²) in [6.45, 7) is 0.695. The molecule has 0 amide bonds. The lowest BCUT2D eigenvalue weighted by Crippen LogP contribution is -1.96. The minimum absolute atomic E-state index is 0.0747. The summed E-state index contributed by atoms with van der Waals surface area (Å²) in [7, 11) is 0. The van der Waals surface area contributed by atoms with Gasteiger partial charge in [-0.1, -0.05) is 50.7 Å². The van der Waals surface area contributed by atoms with E-state index in [4.69, 9.17) is 39.5 Å². The van der Waals surface area contributed by atoms with Crippen molar-refractivity contribution in [2.75, 3.05) is 6.61 Å². The number of halogens is 4. The van der Waals surface area contributed by atoms with Gasteiger partial charge in [0.25, 0.3) is 0 Å². The van der Waals surface area contributed by atoms with Gasteiger partial charge >= 0.3 is 0 Å². The predicted octanol–water partition coefficient (Wildman–Crippen LogP) is 6.13. The lowest BCUT2D eigenvalue weighted by atomic mass is 10.0. The topological polar surface area (TPSA) is 9.23 Å². The van der Waals surface area contributed by atoms with Crippen molar-refractivity contribution >= 4 is 62.1 Å². The van der Waals surface area contributed by atoms with Crippen molar-refractivity contribution in [1.29, 1.82) is 0 Å². The highest BCUT2D eigenvalue weighted by Gasteiger charge is 2.25. The van der Waals surface area contributed by atoms with Crippen LogP contribution in [0.1, 0.15) is 21.5 Å². The van der Waals surface area contributed by atoms with Crippen molar-refractivity contribution in [2.45, 2.75) is 11.2 Å². The van der Waals surface area contributed by atoms with Gasteiger partial charge in [-0.25, -0.2) is 0 Å². The van der Waals surface area contributed by atoms with Crippen LogP contribution in [0.5, 0.6) is 5.75 Å². The molecule has 1 unspecified atom stereocenters. The molecule has 100 valence electrons. The molecule has 1 aliphatic rings. The molecule has 3 rings (SSSR count). The number of rotatable bonds is 2. The first-order chi connectivity index (χ1) is 9.06. The van der Waals surface area contributed by atoms with Gasteiger partial charge in [0.05, 0.1) is 20.1 Å². The number of alkyl halides is 1. The van der Waals surface area contributed by atoms with Crippen molar-refractivity contribution < 1.29 is 4.74 Å². The van der Waals surface area contributed by atoms with E-state index in [-0.39, 0.29) is 4.83 Å². The summed E-state index contributed by atoms with van der Waals surface area (Å²) in [5.41, 5.74) is 3.08. The Labute approximate surface area is 138 Å². The summed E-state index contributed by atoms with van der Waals surface area (Å²) in [6.07, 6.45) is 0.890. The first kappa shape index (κ1) is 14.0. The average molecular weight is 399 g/mol. The molecule has 2 heterocycles. The van der Waals surface area contributed by atoms with E-state index in [2.05, 4.69) is 15.9 Å². The maximum Gasteiger partial charge on any atom is 0.127 e. The van der Waals surface area contributed by atoms with Gasteiger partial charge in [0.2, 0.25) is 0 Å². The molecule has 1 aromatic carbocycles. The van der Waals surface area contributed by atoms with E-state index in [1.165, 1.54) is 11.3 Å². The molecule has 1 aliphatic heterocycles. The van der Waals surface area contributed by atoms with Crippen LogP contribution in [0.25, 0.3) is 0 Å². The highest BCUT2D eigenvalue weighted by atomic mass is 79.9. The van der Waals surface area contributed by atoms with Gasteiger partial charge in [0.15, 0.2) is 0 Å². The third kappa shape index (κ3) is 2.64. The molecular formula is C13H8BrCl3OS. The number of ether oxygens (including phenoxy) is 1. The Morgan fingerprint density at radius 2 is 1.95 bits per heavy atom. The molecule has 1 nitrogen and oxygen atoms in total. The lowest BCUT2D eigenvalue weighted by Gasteiger charge is -2.14. The molecule has 2 aromatic rings. The highest BCUT2D eigenvalue weighted by molar-refractivity contribution is 9.09. The normalized spacial score (nSPS) is 15.2. The number of thiophene rings is 1. The molecule has 0 bridgehead atoms. The molecule has 1 atom stereocenters. The van der Waals surface area contributed by atoms with E-state index in [0.717, 1.165) is 28.9 Å². The molecule has 1 aromatic heterocycles. The van der Waals surface area contributed by atoms with Gasteiger partial charge in [0.1, 0.15) is 5.75 Å². The van der Waals surface area contributed by atoms with Crippen LogP contribution in [0, 0.1) is 0 Å². The second-order valence-corrected chi connectivity index (χ2v) is 7.86. The number of benzene rings is 1. The Hall–Kier alpha value is 0.0700. The first-order valence-electron chi connectivity index (χ1n) is 5.60. The van der Waals surface area contributed by atoms with E-state index in [9.17, 15) is 0 Å². The van der Waals surface area contributed by atoms with Crippen LogP contribution in [0.3, 0.4) is 0 Å². The molecule has 6 heteroatoms. The lowest BCUT2D eigenvalue weighted by molar-refractivity contribution is 0.354. The standard InChI is InChI=1S/C13H8BrCl3OS/c14-11(9-5-10(16)19-13(9)17)8-4-7(15)3-6-1-2-18-12(6)8/h3-5,11H,1-2H2. The third-order valence-electron chi connectivity index (χ3n) is 3.01. The predicted molar refractivity (Wildman–Crippen MR) is 85.8 cm³/mol. The number of hydrogen-bond acceptors (Lipinski definition) is 2. The fourth-order valence-corrected chi connectivity index (χ4v) is 4.95. The fourth-order valence-electron chi connectivity index (χ4n) is 2.18. The van der Waals surface area contributed by atoms with Crippen LogP contribution < -0.4 is 4.74 Å². The van der Waals surface area contributed by atoms with Gasteiger partial charge in [0, 0.05) is 22.6 Å². The number of hydrogen-bond donors (Lipinski definition) is 0. The molecule has 0 radical (unpaired) electrons.